The maximum atomic E-state index is 13.2. The molecule has 0 spiro atoms. The van der Waals surface area contributed by atoms with Gasteiger partial charge in [-0.1, -0.05) is 30.3 Å². The van der Waals surface area contributed by atoms with Gasteiger partial charge >= 0.3 is 0 Å². The lowest BCUT2D eigenvalue weighted by molar-refractivity contribution is -0.148. The van der Waals surface area contributed by atoms with Gasteiger partial charge in [-0.25, -0.2) is 0 Å². The summed E-state index contributed by atoms with van der Waals surface area (Å²) in [4.78, 5) is 30.2. The number of benzene rings is 1. The number of thiophene rings is 1. The van der Waals surface area contributed by atoms with Crippen molar-refractivity contribution in [2.24, 2.45) is 5.41 Å². The topological polar surface area (TPSA) is 49.9 Å². The summed E-state index contributed by atoms with van der Waals surface area (Å²) < 4.78 is 5.01. The highest BCUT2D eigenvalue weighted by Crippen LogP contribution is 2.36. The van der Waals surface area contributed by atoms with Gasteiger partial charge in [-0.05, 0) is 41.8 Å². The number of nitrogens with zero attached hydrogens (tertiary/aromatic N) is 2. The summed E-state index contributed by atoms with van der Waals surface area (Å²) in [5.41, 5.74) is 1.72. The predicted molar refractivity (Wildman–Crippen MR) is 112 cm³/mol. The number of carbonyl (C=O) groups excluding carboxylic acids is 2. The van der Waals surface area contributed by atoms with Crippen LogP contribution in [-0.4, -0.2) is 62.5 Å². The third-order valence-electron chi connectivity index (χ3n) is 5.36. The van der Waals surface area contributed by atoms with E-state index in [-0.39, 0.29) is 18.4 Å². The van der Waals surface area contributed by atoms with E-state index in [9.17, 15) is 9.59 Å². The summed E-state index contributed by atoms with van der Waals surface area (Å²) >= 11 is 1.72. The predicted octanol–water partition coefficient (Wildman–Crippen LogP) is 3.30. The van der Waals surface area contributed by atoms with Gasteiger partial charge < -0.3 is 14.5 Å². The van der Waals surface area contributed by atoms with Crippen molar-refractivity contribution in [1.29, 1.82) is 0 Å². The highest BCUT2D eigenvalue weighted by molar-refractivity contribution is 7.13. The van der Waals surface area contributed by atoms with E-state index in [4.69, 9.17) is 4.74 Å². The average molecular weight is 401 g/mol. The number of ether oxygens (including phenoxy) is 1. The molecule has 1 saturated heterocycles. The van der Waals surface area contributed by atoms with Crippen molar-refractivity contribution >= 4 is 23.2 Å². The van der Waals surface area contributed by atoms with Gasteiger partial charge in [0.15, 0.2) is 0 Å². The number of likely N-dealkylation sites (tertiary alicyclic amines) is 1. The van der Waals surface area contributed by atoms with Crippen molar-refractivity contribution < 1.29 is 14.3 Å². The molecular weight excluding hydrogens is 372 g/mol. The van der Waals surface area contributed by atoms with Crippen molar-refractivity contribution in [2.45, 2.75) is 19.3 Å². The summed E-state index contributed by atoms with van der Waals surface area (Å²) in [6.45, 7) is 1.18. The first kappa shape index (κ1) is 20.6. The second-order valence-electron chi connectivity index (χ2n) is 7.68. The molecule has 0 bridgehead atoms. The molecule has 0 aliphatic carbocycles. The van der Waals surface area contributed by atoms with Crippen molar-refractivity contribution in [2.75, 3.05) is 40.9 Å². The second kappa shape index (κ2) is 8.88. The molecule has 0 saturated carbocycles. The quantitative estimate of drug-likeness (QED) is 0.748. The summed E-state index contributed by atoms with van der Waals surface area (Å²) in [7, 11) is 5.11. The Morgan fingerprint density at radius 3 is 2.57 bits per heavy atom. The fourth-order valence-corrected chi connectivity index (χ4v) is 4.78. The Labute approximate surface area is 170 Å². The van der Waals surface area contributed by atoms with Crippen LogP contribution in [0, 0.1) is 5.41 Å². The van der Waals surface area contributed by atoms with Crippen molar-refractivity contribution in [3.05, 3.63) is 47.3 Å². The van der Waals surface area contributed by atoms with E-state index >= 15 is 0 Å². The third-order valence-corrected chi connectivity index (χ3v) is 6.28. The number of piperidine rings is 1. The lowest BCUT2D eigenvalue weighted by Crippen LogP contribution is -2.54. The monoisotopic (exact) mass is 400 g/mol. The zero-order valence-electron chi connectivity index (χ0n) is 16.8. The van der Waals surface area contributed by atoms with Gasteiger partial charge in [-0.15, -0.1) is 11.3 Å². The molecule has 150 valence electrons. The highest BCUT2D eigenvalue weighted by atomic mass is 32.1. The van der Waals surface area contributed by atoms with E-state index in [2.05, 4.69) is 35.7 Å². The van der Waals surface area contributed by atoms with Gasteiger partial charge in [0.25, 0.3) is 0 Å². The Bertz CT molecular complexity index is 802. The first-order valence-corrected chi connectivity index (χ1v) is 10.4. The van der Waals surface area contributed by atoms with Crippen LogP contribution < -0.4 is 0 Å². The van der Waals surface area contributed by atoms with Gasteiger partial charge in [0, 0.05) is 39.2 Å². The van der Waals surface area contributed by atoms with Crippen LogP contribution in [0.3, 0.4) is 0 Å². The lowest BCUT2D eigenvalue weighted by Gasteiger charge is -2.43. The Hall–Kier alpha value is -2.18. The zero-order valence-corrected chi connectivity index (χ0v) is 17.6. The molecule has 0 N–H and O–H groups in total. The summed E-state index contributed by atoms with van der Waals surface area (Å²) in [6, 6.07) is 12.6. The van der Waals surface area contributed by atoms with Gasteiger partial charge in [-0.2, -0.15) is 0 Å². The number of hydrogen-bond donors (Lipinski definition) is 0. The minimum absolute atomic E-state index is 0.0498. The minimum Gasteiger partial charge on any atom is -0.375 e. The molecule has 1 fully saturated rings. The molecule has 6 heteroatoms. The maximum absolute atomic E-state index is 13.2. The van der Waals surface area contributed by atoms with Crippen LogP contribution in [0.1, 0.15) is 18.4 Å². The first-order chi connectivity index (χ1) is 13.4. The van der Waals surface area contributed by atoms with Crippen molar-refractivity contribution in [3.8, 4) is 10.4 Å². The largest absolute Gasteiger partial charge is 0.375 e. The van der Waals surface area contributed by atoms with Crippen LogP contribution in [0.25, 0.3) is 10.4 Å². The van der Waals surface area contributed by atoms with Gasteiger partial charge in [0.05, 0.1) is 5.41 Å². The summed E-state index contributed by atoms with van der Waals surface area (Å²) in [6.07, 6.45) is 2.24. The van der Waals surface area contributed by atoms with E-state index < -0.39 is 5.41 Å². The van der Waals surface area contributed by atoms with E-state index in [0.717, 1.165) is 18.4 Å². The molecular formula is C22H28N2O3S. The lowest BCUT2D eigenvalue weighted by atomic mass is 9.73. The molecule has 1 aromatic carbocycles. The fraction of sp³-hybridized carbons (Fsp3) is 0.455. The summed E-state index contributed by atoms with van der Waals surface area (Å²) in [5.74, 6) is 0.0379. The number of carbonyl (C=O) groups is 2. The number of methoxy groups -OCH3 is 1. The van der Waals surface area contributed by atoms with E-state index in [1.807, 2.05) is 6.07 Å². The van der Waals surface area contributed by atoms with E-state index in [1.54, 1.807) is 35.2 Å². The number of rotatable bonds is 6. The number of hydrogen-bond acceptors (Lipinski definition) is 4. The first-order valence-electron chi connectivity index (χ1n) is 9.56. The molecule has 1 aliphatic heterocycles. The average Bonchev–Trinajstić information content (AvgIpc) is 3.23. The van der Waals surface area contributed by atoms with Gasteiger partial charge in [0.1, 0.15) is 6.61 Å². The number of amides is 2. The molecule has 0 unspecified atom stereocenters. The third kappa shape index (κ3) is 4.45. The normalized spacial score (nSPS) is 19.5. The Balaban J connectivity index is 1.84. The Morgan fingerprint density at radius 1 is 1.21 bits per heavy atom. The van der Waals surface area contributed by atoms with E-state index in [0.29, 0.717) is 19.5 Å². The van der Waals surface area contributed by atoms with Crippen LogP contribution in [0.4, 0.5) is 0 Å². The van der Waals surface area contributed by atoms with Crippen LogP contribution in [-0.2, 0) is 20.7 Å². The molecule has 1 aromatic heterocycles. The molecule has 3 rings (SSSR count). The molecule has 28 heavy (non-hydrogen) atoms. The smallest absolute Gasteiger partial charge is 0.248 e. The van der Waals surface area contributed by atoms with E-state index in [1.165, 1.54) is 17.6 Å². The van der Waals surface area contributed by atoms with Crippen LogP contribution in [0.5, 0.6) is 0 Å². The molecule has 5 nitrogen and oxygen atoms in total. The Morgan fingerprint density at radius 2 is 1.96 bits per heavy atom. The second-order valence-corrected chi connectivity index (χ2v) is 8.63. The van der Waals surface area contributed by atoms with Gasteiger partial charge in [0.2, 0.25) is 11.8 Å². The van der Waals surface area contributed by atoms with Crippen molar-refractivity contribution in [3.63, 3.8) is 0 Å². The highest BCUT2D eigenvalue weighted by Gasteiger charge is 2.44. The van der Waals surface area contributed by atoms with Crippen LogP contribution in [0.2, 0.25) is 0 Å². The van der Waals surface area contributed by atoms with Crippen LogP contribution in [0.15, 0.2) is 41.8 Å². The molecule has 2 heterocycles. The zero-order chi connectivity index (χ0) is 20.1. The van der Waals surface area contributed by atoms with Gasteiger partial charge in [-0.3, -0.25) is 9.59 Å². The SMILES string of the molecule is COCC(=O)N1CCC[C@@](Cc2ccc(-c3cccs3)cc2)(C(=O)N(C)C)C1. The fourth-order valence-electron chi connectivity index (χ4n) is 4.05. The minimum atomic E-state index is -0.588. The molecule has 0 radical (unpaired) electrons. The molecule has 2 aromatic rings. The summed E-state index contributed by atoms with van der Waals surface area (Å²) in [5, 5.41) is 2.07. The maximum Gasteiger partial charge on any atom is 0.248 e. The standard InChI is InChI=1S/C22H28N2O3S/c1-23(2)21(26)22(11-5-12-24(16-22)20(25)15-27-3)14-17-7-9-18(10-8-17)19-6-4-13-28-19/h4,6-10,13H,5,11-12,14-16H2,1-3H3/t22-/m0/s1. The Kier molecular flexibility index (Phi) is 6.52. The molecule has 1 aliphatic rings. The van der Waals surface area contributed by atoms with Crippen LogP contribution >= 0.6 is 11.3 Å². The molecule has 1 atom stereocenters. The molecule has 2 amide bonds. The van der Waals surface area contributed by atoms with Crippen molar-refractivity contribution in [1.82, 2.24) is 9.80 Å².